The Hall–Kier alpha value is -1.14. The van der Waals surface area contributed by atoms with E-state index in [0.29, 0.717) is 13.0 Å². The SMILES string of the molecule is NCCCCC(NCCC(=O)O)C(=O)O. The Bertz CT molecular complexity index is 208. The topological polar surface area (TPSA) is 113 Å². The van der Waals surface area contributed by atoms with Crippen molar-refractivity contribution in [2.75, 3.05) is 13.1 Å². The number of carbonyl (C=O) groups is 2. The molecule has 0 radical (unpaired) electrons. The molecule has 0 aromatic carbocycles. The van der Waals surface area contributed by atoms with E-state index in [2.05, 4.69) is 5.32 Å². The molecule has 0 rings (SSSR count). The van der Waals surface area contributed by atoms with Crippen molar-refractivity contribution in [1.29, 1.82) is 0 Å². The van der Waals surface area contributed by atoms with E-state index in [0.717, 1.165) is 12.8 Å². The van der Waals surface area contributed by atoms with Gasteiger partial charge in [0.25, 0.3) is 0 Å². The average Bonchev–Trinajstić information content (AvgIpc) is 2.15. The minimum Gasteiger partial charge on any atom is -0.481 e. The number of hydrogen-bond acceptors (Lipinski definition) is 4. The van der Waals surface area contributed by atoms with E-state index in [1.54, 1.807) is 0 Å². The summed E-state index contributed by atoms with van der Waals surface area (Å²) in [5.74, 6) is -1.88. The summed E-state index contributed by atoms with van der Waals surface area (Å²) in [5.41, 5.74) is 5.29. The van der Waals surface area contributed by atoms with Crippen molar-refractivity contribution in [3.8, 4) is 0 Å². The van der Waals surface area contributed by atoms with E-state index < -0.39 is 18.0 Å². The summed E-state index contributed by atoms with van der Waals surface area (Å²) in [6.07, 6.45) is 1.92. The van der Waals surface area contributed by atoms with Crippen LogP contribution in [0.4, 0.5) is 0 Å². The van der Waals surface area contributed by atoms with E-state index >= 15 is 0 Å². The smallest absolute Gasteiger partial charge is 0.320 e. The summed E-state index contributed by atoms with van der Waals surface area (Å²) in [6, 6.07) is -0.670. The van der Waals surface area contributed by atoms with Crippen molar-refractivity contribution in [3.63, 3.8) is 0 Å². The summed E-state index contributed by atoms with van der Waals surface area (Å²) in [5, 5.41) is 19.9. The third-order valence-electron chi connectivity index (χ3n) is 1.97. The van der Waals surface area contributed by atoms with E-state index in [1.165, 1.54) is 0 Å². The van der Waals surface area contributed by atoms with Crippen molar-refractivity contribution in [2.45, 2.75) is 31.7 Å². The van der Waals surface area contributed by atoms with Crippen LogP contribution in [0.2, 0.25) is 0 Å². The molecule has 0 aliphatic carbocycles. The molecule has 1 atom stereocenters. The lowest BCUT2D eigenvalue weighted by molar-refractivity contribution is -0.141. The van der Waals surface area contributed by atoms with Gasteiger partial charge in [-0.3, -0.25) is 9.59 Å². The highest BCUT2D eigenvalue weighted by atomic mass is 16.4. The summed E-state index contributed by atoms with van der Waals surface area (Å²) in [6.45, 7) is 0.719. The Morgan fingerprint density at radius 3 is 2.40 bits per heavy atom. The number of carboxylic acids is 2. The molecule has 0 saturated carbocycles. The van der Waals surface area contributed by atoms with Crippen LogP contribution < -0.4 is 11.1 Å². The standard InChI is InChI=1S/C9H18N2O4/c10-5-2-1-3-7(9(14)15)11-6-4-8(12)13/h7,11H,1-6,10H2,(H,12,13)(H,14,15). The molecular weight excluding hydrogens is 200 g/mol. The Balaban J connectivity index is 3.73. The summed E-state index contributed by atoms with van der Waals surface area (Å²) in [4.78, 5) is 20.9. The van der Waals surface area contributed by atoms with Gasteiger partial charge in [-0.05, 0) is 19.4 Å². The first-order valence-corrected chi connectivity index (χ1v) is 4.96. The third-order valence-corrected chi connectivity index (χ3v) is 1.97. The zero-order valence-corrected chi connectivity index (χ0v) is 8.61. The minimum absolute atomic E-state index is 0.0688. The van der Waals surface area contributed by atoms with Crippen LogP contribution in [0.15, 0.2) is 0 Å². The van der Waals surface area contributed by atoms with Gasteiger partial charge in [0.05, 0.1) is 6.42 Å². The maximum Gasteiger partial charge on any atom is 0.320 e. The molecule has 6 nitrogen and oxygen atoms in total. The monoisotopic (exact) mass is 218 g/mol. The van der Waals surface area contributed by atoms with Gasteiger partial charge in [-0.15, -0.1) is 0 Å². The van der Waals surface area contributed by atoms with Crippen molar-refractivity contribution < 1.29 is 19.8 Å². The van der Waals surface area contributed by atoms with Crippen LogP contribution >= 0.6 is 0 Å². The lowest BCUT2D eigenvalue weighted by atomic mass is 10.1. The van der Waals surface area contributed by atoms with Crippen LogP contribution in [0, 0.1) is 0 Å². The predicted molar refractivity (Wildman–Crippen MR) is 54.6 cm³/mol. The van der Waals surface area contributed by atoms with Crippen molar-refractivity contribution in [3.05, 3.63) is 0 Å². The molecule has 88 valence electrons. The van der Waals surface area contributed by atoms with Crippen molar-refractivity contribution in [2.24, 2.45) is 5.73 Å². The number of nitrogens with two attached hydrogens (primary N) is 1. The summed E-state index contributed by atoms with van der Waals surface area (Å²) in [7, 11) is 0. The first kappa shape index (κ1) is 13.9. The molecule has 15 heavy (non-hydrogen) atoms. The molecule has 0 aromatic heterocycles. The molecule has 0 aliphatic heterocycles. The Morgan fingerprint density at radius 1 is 1.27 bits per heavy atom. The van der Waals surface area contributed by atoms with E-state index in [4.69, 9.17) is 15.9 Å². The number of nitrogens with one attached hydrogen (secondary N) is 1. The van der Waals surface area contributed by atoms with Crippen molar-refractivity contribution >= 4 is 11.9 Å². The molecule has 0 fully saturated rings. The third kappa shape index (κ3) is 7.90. The van der Waals surface area contributed by atoms with Gasteiger partial charge in [0.15, 0.2) is 0 Å². The first-order chi connectivity index (χ1) is 7.07. The second-order valence-electron chi connectivity index (χ2n) is 3.27. The fraction of sp³-hybridized carbons (Fsp3) is 0.778. The van der Waals surface area contributed by atoms with Crippen LogP contribution in [-0.4, -0.2) is 41.3 Å². The van der Waals surface area contributed by atoms with Gasteiger partial charge in [0.2, 0.25) is 0 Å². The Kier molecular flexibility index (Phi) is 7.57. The molecule has 0 saturated heterocycles. The van der Waals surface area contributed by atoms with Crippen molar-refractivity contribution in [1.82, 2.24) is 5.32 Å². The van der Waals surface area contributed by atoms with Crippen LogP contribution in [-0.2, 0) is 9.59 Å². The lowest BCUT2D eigenvalue weighted by Crippen LogP contribution is -2.37. The van der Waals surface area contributed by atoms with Gasteiger partial charge in [-0.1, -0.05) is 6.42 Å². The first-order valence-electron chi connectivity index (χ1n) is 4.96. The van der Waals surface area contributed by atoms with Gasteiger partial charge in [-0.2, -0.15) is 0 Å². The number of aliphatic carboxylic acids is 2. The number of unbranched alkanes of at least 4 members (excludes halogenated alkanes) is 1. The maximum absolute atomic E-state index is 10.7. The zero-order valence-electron chi connectivity index (χ0n) is 8.61. The quantitative estimate of drug-likeness (QED) is 0.393. The molecule has 0 aliphatic rings. The van der Waals surface area contributed by atoms with Gasteiger partial charge in [0.1, 0.15) is 6.04 Å². The van der Waals surface area contributed by atoms with Gasteiger partial charge in [0, 0.05) is 6.54 Å². The molecule has 0 amide bonds. The van der Waals surface area contributed by atoms with Crippen LogP contribution in [0.3, 0.4) is 0 Å². The summed E-state index contributed by atoms with van der Waals surface area (Å²) < 4.78 is 0. The van der Waals surface area contributed by atoms with E-state index in [1.807, 2.05) is 0 Å². The number of hydrogen-bond donors (Lipinski definition) is 4. The number of carboxylic acid groups (broad SMARTS) is 2. The highest BCUT2D eigenvalue weighted by molar-refractivity contribution is 5.73. The molecule has 5 N–H and O–H groups in total. The fourth-order valence-corrected chi connectivity index (χ4v) is 1.16. The Labute approximate surface area is 88.5 Å². The summed E-state index contributed by atoms with van der Waals surface area (Å²) >= 11 is 0. The number of rotatable bonds is 9. The average molecular weight is 218 g/mol. The lowest BCUT2D eigenvalue weighted by Gasteiger charge is -2.13. The second-order valence-corrected chi connectivity index (χ2v) is 3.27. The molecule has 0 heterocycles. The zero-order chi connectivity index (χ0) is 11.7. The largest absolute Gasteiger partial charge is 0.481 e. The minimum atomic E-state index is -0.947. The fourth-order valence-electron chi connectivity index (χ4n) is 1.16. The predicted octanol–water partition coefficient (Wildman–Crippen LogP) is -0.367. The highest BCUT2D eigenvalue weighted by Gasteiger charge is 2.15. The molecule has 0 aromatic rings. The van der Waals surface area contributed by atoms with Gasteiger partial charge < -0.3 is 21.3 Å². The van der Waals surface area contributed by atoms with Gasteiger partial charge >= 0.3 is 11.9 Å². The van der Waals surface area contributed by atoms with Gasteiger partial charge in [-0.25, -0.2) is 0 Å². The van der Waals surface area contributed by atoms with Crippen LogP contribution in [0.1, 0.15) is 25.7 Å². The van der Waals surface area contributed by atoms with Crippen LogP contribution in [0.25, 0.3) is 0 Å². The Morgan fingerprint density at radius 2 is 1.93 bits per heavy atom. The second kappa shape index (κ2) is 8.19. The molecule has 6 heteroatoms. The highest BCUT2D eigenvalue weighted by Crippen LogP contribution is 2.00. The maximum atomic E-state index is 10.7. The molecule has 0 bridgehead atoms. The normalized spacial score (nSPS) is 12.3. The van der Waals surface area contributed by atoms with Crippen LogP contribution in [0.5, 0.6) is 0 Å². The van der Waals surface area contributed by atoms with E-state index in [9.17, 15) is 9.59 Å². The van der Waals surface area contributed by atoms with E-state index in [-0.39, 0.29) is 13.0 Å². The molecule has 0 spiro atoms. The molecular formula is C9H18N2O4. The molecule has 1 unspecified atom stereocenters.